The molecule has 4 saturated carbocycles. The number of benzene rings is 1. The summed E-state index contributed by atoms with van der Waals surface area (Å²) in [6, 6.07) is 0.862. The molecule has 2 bridgehead atoms. The number of aliphatic hydroxyl groups is 3. The number of likely N-dealkylation sites (N-methyl/N-ethyl adjacent to an activating group) is 1. The second-order valence-corrected chi connectivity index (χ2v) is 13.5. The third kappa shape index (κ3) is 3.87. The number of aryl methyl sites for hydroxylation is 1. The number of aliphatic hydroxyl groups excluding tert-OH is 2. The van der Waals surface area contributed by atoms with Crippen LogP contribution in [0.5, 0.6) is 5.75 Å². The van der Waals surface area contributed by atoms with Crippen molar-refractivity contribution >= 4 is 28.9 Å². The summed E-state index contributed by atoms with van der Waals surface area (Å²) in [6.45, 7) is 0. The van der Waals surface area contributed by atoms with Crippen molar-refractivity contribution in [1.82, 2.24) is 4.90 Å². The van der Waals surface area contributed by atoms with Crippen LogP contribution in [0.25, 0.3) is 5.76 Å². The minimum atomic E-state index is -2.63. The number of carbonyl (C=O) groups is 3. The van der Waals surface area contributed by atoms with Crippen LogP contribution in [0.1, 0.15) is 55.2 Å². The lowest BCUT2D eigenvalue weighted by Crippen LogP contribution is -2.65. The minimum Gasteiger partial charge on any atom is -0.508 e. The number of ketones is 2. The molecule has 226 valence electrons. The number of hydrogen-bond donors (Lipinski definition) is 5. The van der Waals surface area contributed by atoms with Gasteiger partial charge in [-0.05, 0) is 106 Å². The summed E-state index contributed by atoms with van der Waals surface area (Å²) in [5, 5.41) is 46.0. The highest BCUT2D eigenvalue weighted by atomic mass is 16.3. The topological polar surface area (TPSA) is 165 Å². The first-order valence-electron chi connectivity index (χ1n) is 15.0. The Balaban J connectivity index is 1.43. The number of rotatable bonds is 7. The van der Waals surface area contributed by atoms with Crippen molar-refractivity contribution in [2.75, 3.05) is 33.1 Å². The molecule has 2 unspecified atom stereocenters. The van der Waals surface area contributed by atoms with E-state index in [2.05, 4.69) is 0 Å². The molecule has 0 heterocycles. The maximum atomic E-state index is 14.1. The number of primary amides is 1. The van der Waals surface area contributed by atoms with Gasteiger partial charge in [-0.15, -0.1) is 0 Å². The molecule has 4 fully saturated rings. The number of phenols is 1. The highest BCUT2D eigenvalue weighted by Gasteiger charge is 2.64. The van der Waals surface area contributed by atoms with Gasteiger partial charge in [0, 0.05) is 31.3 Å². The lowest BCUT2D eigenvalue weighted by atomic mass is 9.57. The smallest absolute Gasteiger partial charge is 0.255 e. The number of phenolic OH excluding ortho intramolecular Hbond substituents is 1. The Morgan fingerprint density at radius 3 is 2.31 bits per heavy atom. The van der Waals surface area contributed by atoms with E-state index >= 15 is 0 Å². The molecule has 1 aromatic carbocycles. The molecule has 0 saturated heterocycles. The fourth-order valence-electron chi connectivity index (χ4n) is 8.95. The molecule has 1 aromatic rings. The van der Waals surface area contributed by atoms with E-state index in [1.54, 1.807) is 14.1 Å². The maximum absolute atomic E-state index is 14.1. The lowest BCUT2D eigenvalue weighted by Gasteiger charge is -2.50. The molecule has 6 aliphatic carbocycles. The van der Waals surface area contributed by atoms with E-state index in [0.29, 0.717) is 17.5 Å². The average molecular weight is 580 g/mol. The van der Waals surface area contributed by atoms with Crippen LogP contribution in [-0.4, -0.2) is 82.6 Å². The Morgan fingerprint density at radius 2 is 1.74 bits per heavy atom. The number of aromatic hydroxyl groups is 1. The summed E-state index contributed by atoms with van der Waals surface area (Å²) in [5.74, 6) is -3.82. The number of anilines is 1. The molecule has 42 heavy (non-hydrogen) atoms. The van der Waals surface area contributed by atoms with Crippen molar-refractivity contribution in [3.63, 3.8) is 0 Å². The Kier molecular flexibility index (Phi) is 6.73. The number of amides is 1. The van der Waals surface area contributed by atoms with Gasteiger partial charge in [-0.1, -0.05) is 0 Å². The van der Waals surface area contributed by atoms with Crippen molar-refractivity contribution in [3.05, 3.63) is 39.7 Å². The van der Waals surface area contributed by atoms with E-state index in [9.17, 15) is 34.8 Å². The standard InChI is InChI=1S/C32H41N3O7/c1-34(2)21-13-16(6-5-7-18-14-8-9-15(18)10-14)26(36)23-19(21)11-17-12-20-25(35(3)4)28(38)24(31(33)41)30(40)32(20,42)29(39)22(17)27(23)37/h13-15,17-18,20,25,36-37,40,42H,5-12H2,1-4H3,(H2,33,41)/t14?,15?,17-,18?,20-,25-,32-/m0/s1. The van der Waals surface area contributed by atoms with Gasteiger partial charge in [0.05, 0.1) is 11.6 Å². The van der Waals surface area contributed by atoms with Crippen LogP contribution in [0, 0.1) is 29.6 Å². The summed E-state index contributed by atoms with van der Waals surface area (Å²) < 4.78 is 0. The van der Waals surface area contributed by atoms with E-state index in [1.807, 2.05) is 25.1 Å². The first-order chi connectivity index (χ1) is 19.8. The van der Waals surface area contributed by atoms with Crippen LogP contribution in [0.15, 0.2) is 23.0 Å². The number of carbonyl (C=O) groups excluding carboxylic acids is 3. The largest absolute Gasteiger partial charge is 0.508 e. The van der Waals surface area contributed by atoms with Crippen molar-refractivity contribution in [2.45, 2.75) is 63.0 Å². The van der Waals surface area contributed by atoms with Gasteiger partial charge in [-0.25, -0.2) is 0 Å². The summed E-state index contributed by atoms with van der Waals surface area (Å²) in [7, 11) is 6.96. The number of Topliss-reactive ketones (excluding diaryl/α,β-unsaturated/α-hetero) is 2. The van der Waals surface area contributed by atoms with Crippen molar-refractivity contribution in [3.8, 4) is 5.75 Å². The van der Waals surface area contributed by atoms with Gasteiger partial charge in [-0.3, -0.25) is 19.3 Å². The third-order valence-corrected chi connectivity index (χ3v) is 11.0. The predicted molar refractivity (Wildman–Crippen MR) is 156 cm³/mol. The van der Waals surface area contributed by atoms with Gasteiger partial charge in [0.2, 0.25) is 5.78 Å². The van der Waals surface area contributed by atoms with E-state index in [0.717, 1.165) is 36.3 Å². The zero-order valence-electron chi connectivity index (χ0n) is 24.7. The third-order valence-electron chi connectivity index (χ3n) is 11.0. The first-order valence-corrected chi connectivity index (χ1v) is 15.0. The van der Waals surface area contributed by atoms with Gasteiger partial charge in [0.15, 0.2) is 11.4 Å². The monoisotopic (exact) mass is 579 g/mol. The molecule has 1 amide bonds. The number of hydrogen-bond acceptors (Lipinski definition) is 9. The van der Waals surface area contributed by atoms with Gasteiger partial charge < -0.3 is 31.1 Å². The Morgan fingerprint density at radius 1 is 1.07 bits per heavy atom. The van der Waals surface area contributed by atoms with Crippen molar-refractivity contribution in [1.29, 1.82) is 0 Å². The number of fused-ring (bicyclic) bond motifs is 4. The summed E-state index contributed by atoms with van der Waals surface area (Å²) in [6.07, 6.45) is 6.98. The second kappa shape index (κ2) is 9.84. The molecule has 0 aliphatic heterocycles. The normalized spacial score (nSPS) is 33.4. The molecule has 6 atom stereocenters. The van der Waals surface area contributed by atoms with E-state index < -0.39 is 58.0 Å². The Bertz CT molecular complexity index is 1450. The zero-order chi connectivity index (χ0) is 30.4. The molecular formula is C32H41N3O7. The average Bonchev–Trinajstić information content (AvgIpc) is 3.54. The molecule has 0 radical (unpaired) electrons. The summed E-state index contributed by atoms with van der Waals surface area (Å²) >= 11 is 0. The van der Waals surface area contributed by atoms with Crippen LogP contribution in [0.3, 0.4) is 0 Å². The molecule has 10 heteroatoms. The quantitative estimate of drug-likeness (QED) is 0.305. The predicted octanol–water partition coefficient (Wildman–Crippen LogP) is 2.40. The second-order valence-electron chi connectivity index (χ2n) is 13.5. The molecule has 0 spiro atoms. The van der Waals surface area contributed by atoms with Gasteiger partial charge in [-0.2, -0.15) is 0 Å². The summed E-state index contributed by atoms with van der Waals surface area (Å²) in [5.41, 5.74) is 4.20. The first kappa shape index (κ1) is 28.7. The maximum Gasteiger partial charge on any atom is 0.255 e. The Labute approximate surface area is 245 Å². The zero-order valence-corrected chi connectivity index (χ0v) is 24.7. The number of nitrogens with zero attached hydrogens (tertiary/aromatic N) is 2. The molecule has 0 aromatic heterocycles. The van der Waals surface area contributed by atoms with E-state index in [-0.39, 0.29) is 29.7 Å². The van der Waals surface area contributed by atoms with Crippen LogP contribution < -0.4 is 10.6 Å². The van der Waals surface area contributed by atoms with Gasteiger partial charge >= 0.3 is 0 Å². The fourth-order valence-corrected chi connectivity index (χ4v) is 8.95. The number of nitrogens with two attached hydrogens (primary N) is 1. The van der Waals surface area contributed by atoms with Crippen LogP contribution >= 0.6 is 0 Å². The van der Waals surface area contributed by atoms with Crippen LogP contribution in [-0.2, 0) is 27.2 Å². The highest BCUT2D eigenvalue weighted by molar-refractivity contribution is 6.24. The molecule has 10 nitrogen and oxygen atoms in total. The van der Waals surface area contributed by atoms with Crippen molar-refractivity contribution < 1.29 is 34.8 Å². The molecule has 6 N–H and O–H groups in total. The van der Waals surface area contributed by atoms with Crippen LogP contribution in [0.4, 0.5) is 5.69 Å². The van der Waals surface area contributed by atoms with E-state index in [4.69, 9.17) is 5.73 Å². The minimum absolute atomic E-state index is 0.0743. The van der Waals surface area contributed by atoms with E-state index in [1.165, 1.54) is 24.2 Å². The van der Waals surface area contributed by atoms with Gasteiger partial charge in [0.1, 0.15) is 22.8 Å². The van der Waals surface area contributed by atoms with Crippen molar-refractivity contribution in [2.24, 2.45) is 35.3 Å². The van der Waals surface area contributed by atoms with Gasteiger partial charge in [0.25, 0.3) is 5.91 Å². The fraction of sp³-hybridized carbons (Fsp3) is 0.594. The SMILES string of the molecule is CN(C)c1cc(CCCC2C3CCC2C3)c(O)c2c1C[C@H]1C[C@H]3[C@H](N(C)C)C(=O)C(C(N)=O)=C(O)[C@@]3(O)C(=O)C1=C2O. The molecule has 7 rings (SSSR count). The Hall–Kier alpha value is -3.37. The highest BCUT2D eigenvalue weighted by Crippen LogP contribution is 2.56. The molecule has 6 aliphatic rings. The summed E-state index contributed by atoms with van der Waals surface area (Å²) in [4.78, 5) is 43.0. The van der Waals surface area contributed by atoms with Crippen LogP contribution in [0.2, 0.25) is 0 Å². The molecular weight excluding hydrogens is 538 g/mol. The lowest BCUT2D eigenvalue weighted by molar-refractivity contribution is -0.153.